The van der Waals surface area contributed by atoms with Crippen LogP contribution in [0.4, 0.5) is 0 Å². The smallest absolute Gasteiger partial charge is 0.114 e. The van der Waals surface area contributed by atoms with Crippen LogP contribution in [-0.4, -0.2) is 43.2 Å². The first-order valence-corrected chi connectivity index (χ1v) is 10.2. The van der Waals surface area contributed by atoms with E-state index >= 15 is 0 Å². The van der Waals surface area contributed by atoms with Crippen LogP contribution in [0.25, 0.3) is 0 Å². The van der Waals surface area contributed by atoms with E-state index in [0.29, 0.717) is 0 Å². The van der Waals surface area contributed by atoms with Crippen LogP contribution in [0.3, 0.4) is 0 Å². The average molecular weight is 336 g/mol. The van der Waals surface area contributed by atoms with Crippen molar-refractivity contribution in [2.24, 2.45) is 9.98 Å². The van der Waals surface area contributed by atoms with Gasteiger partial charge in [-0.2, -0.15) is 0 Å². The van der Waals surface area contributed by atoms with Gasteiger partial charge in [0.15, 0.2) is 0 Å². The Bertz CT molecular complexity index is 293. The Morgan fingerprint density at radius 1 is 0.750 bits per heavy atom. The maximum Gasteiger partial charge on any atom is 0.114 e. The minimum absolute atomic E-state index is 0.778. The van der Waals surface area contributed by atoms with Crippen LogP contribution in [0.2, 0.25) is 0 Å². The second-order valence-electron chi connectivity index (χ2n) is 6.78. The molecule has 0 saturated carbocycles. The number of unbranched alkanes of at least 4 members (excludes halogenated alkanes) is 4. The molecule has 0 spiro atoms. The number of quaternary nitrogens is 1. The molecule has 0 aromatic carbocycles. The van der Waals surface area contributed by atoms with E-state index in [2.05, 4.69) is 43.8 Å². The monoisotopic (exact) mass is 335 g/mol. The first-order valence-electron chi connectivity index (χ1n) is 10.2. The Morgan fingerprint density at radius 2 is 1.21 bits per heavy atom. The van der Waals surface area contributed by atoms with Crippen LogP contribution in [0.1, 0.15) is 85.5 Å². The quantitative estimate of drug-likeness (QED) is 0.402. The lowest BCUT2D eigenvalue weighted by Gasteiger charge is -2.39. The van der Waals surface area contributed by atoms with Gasteiger partial charge in [-0.3, -0.25) is 0 Å². The van der Waals surface area contributed by atoms with Crippen molar-refractivity contribution >= 4 is 12.6 Å². The largest absolute Gasteiger partial charge is 0.324 e. The molecule has 3 nitrogen and oxygen atoms in total. The molecule has 1 aliphatic heterocycles. The van der Waals surface area contributed by atoms with Crippen molar-refractivity contribution in [2.75, 3.05) is 26.2 Å². The maximum atomic E-state index is 3.76. The number of nitrogens with zero attached hydrogens (tertiary/aromatic N) is 3. The lowest BCUT2D eigenvalue weighted by atomic mass is 10.1. The lowest BCUT2D eigenvalue weighted by Crippen LogP contribution is -2.50. The maximum absolute atomic E-state index is 3.76. The number of rotatable bonds is 12. The van der Waals surface area contributed by atoms with E-state index in [9.17, 15) is 0 Å². The fourth-order valence-corrected chi connectivity index (χ4v) is 2.97. The van der Waals surface area contributed by atoms with Crippen molar-refractivity contribution in [1.29, 1.82) is 0 Å². The molecule has 1 heterocycles. The lowest BCUT2D eigenvalue weighted by molar-refractivity contribution is -0.929. The van der Waals surface area contributed by atoms with Crippen molar-refractivity contribution in [3.8, 4) is 0 Å². The van der Waals surface area contributed by atoms with Crippen LogP contribution in [-0.2, 0) is 0 Å². The summed E-state index contributed by atoms with van der Waals surface area (Å²) < 4.78 is 1.42. The molecule has 0 N–H and O–H groups in total. The summed E-state index contributed by atoms with van der Waals surface area (Å²) in [6.07, 6.45) is 19.6. The summed E-state index contributed by atoms with van der Waals surface area (Å²) in [5, 5.41) is 0. The van der Waals surface area contributed by atoms with Gasteiger partial charge in [-0.25, -0.2) is 9.98 Å². The highest BCUT2D eigenvalue weighted by atomic mass is 15.3. The topological polar surface area (TPSA) is 24.7 Å². The molecule has 139 valence electrons. The average Bonchev–Trinajstić information content (AvgIpc) is 2.94. The van der Waals surface area contributed by atoms with Gasteiger partial charge in [0.05, 0.1) is 26.2 Å². The van der Waals surface area contributed by atoms with E-state index < -0.39 is 0 Å². The molecule has 0 aliphatic carbocycles. The van der Waals surface area contributed by atoms with E-state index in [1.54, 1.807) is 12.4 Å². The van der Waals surface area contributed by atoms with Crippen molar-refractivity contribution < 1.29 is 4.48 Å². The molecule has 0 unspecified atom stereocenters. The highest BCUT2D eigenvalue weighted by Crippen LogP contribution is 2.16. The molecular weight excluding hydrogens is 294 g/mol. The fraction of sp³-hybridized carbons (Fsp3) is 0.810. The third-order valence-electron chi connectivity index (χ3n) is 4.56. The van der Waals surface area contributed by atoms with Gasteiger partial charge in [0.2, 0.25) is 0 Å². The van der Waals surface area contributed by atoms with Crippen molar-refractivity contribution in [1.82, 2.24) is 0 Å². The van der Waals surface area contributed by atoms with Crippen LogP contribution in [0.15, 0.2) is 16.2 Å². The van der Waals surface area contributed by atoms with E-state index in [-0.39, 0.29) is 0 Å². The summed E-state index contributed by atoms with van der Waals surface area (Å²) in [7, 11) is 0. The number of hydrogen-bond acceptors (Lipinski definition) is 2. The molecule has 1 rings (SSSR count). The Labute approximate surface area is 151 Å². The number of aliphatic imine (C=N–C) groups is 2. The summed E-state index contributed by atoms with van der Waals surface area (Å²) in [5.74, 6) is 0. The third kappa shape index (κ3) is 12.5. The van der Waals surface area contributed by atoms with Gasteiger partial charge in [-0.15, -0.1) is 0 Å². The van der Waals surface area contributed by atoms with Gasteiger partial charge >= 0.3 is 0 Å². The highest BCUT2D eigenvalue weighted by molar-refractivity contribution is 5.73. The Morgan fingerprint density at radius 3 is 1.62 bits per heavy atom. The van der Waals surface area contributed by atoms with Crippen LogP contribution in [0, 0.1) is 6.08 Å². The van der Waals surface area contributed by atoms with Crippen molar-refractivity contribution in [2.45, 2.75) is 85.5 Å². The molecule has 1 aliphatic rings. The van der Waals surface area contributed by atoms with Crippen LogP contribution < -0.4 is 0 Å². The van der Waals surface area contributed by atoms with E-state index in [1.807, 2.05) is 0 Å². The minimum Gasteiger partial charge on any atom is -0.324 e. The Kier molecular flexibility index (Phi) is 16.2. The molecule has 24 heavy (non-hydrogen) atoms. The second-order valence-corrected chi connectivity index (χ2v) is 6.78. The minimum atomic E-state index is 0.778. The van der Waals surface area contributed by atoms with E-state index in [0.717, 1.165) is 6.42 Å². The summed E-state index contributed by atoms with van der Waals surface area (Å²) in [6, 6.07) is 0. The van der Waals surface area contributed by atoms with Gasteiger partial charge in [-0.05, 0) is 31.8 Å². The second kappa shape index (κ2) is 16.9. The standard InChI is InChI=1S/C16H36N.C5H5N2/c1-5-9-13-17(14-10-6-2,15-11-7-3)16-12-8-4;1-2-4-7-5-6-3-1/h5-16H2,1-4H3;3-5H,1H2/q+1;. The fourth-order valence-electron chi connectivity index (χ4n) is 2.97. The third-order valence-corrected chi connectivity index (χ3v) is 4.56. The predicted molar refractivity (Wildman–Crippen MR) is 109 cm³/mol. The normalized spacial score (nSPS) is 13.5. The van der Waals surface area contributed by atoms with Crippen molar-refractivity contribution in [3.05, 3.63) is 12.3 Å². The zero-order valence-corrected chi connectivity index (χ0v) is 16.8. The van der Waals surface area contributed by atoms with Gasteiger partial charge in [0.1, 0.15) is 6.34 Å². The first-order chi connectivity index (χ1) is 11.7. The molecule has 0 bridgehead atoms. The number of allylic oxidation sites excluding steroid dienone is 1. The summed E-state index contributed by atoms with van der Waals surface area (Å²) in [6.45, 7) is 15.0. The van der Waals surface area contributed by atoms with Crippen molar-refractivity contribution in [3.63, 3.8) is 0 Å². The SMILES string of the molecule is CCCC[N+](CCCC)(CCCC)CCCC.[C]1=CN=CN=CC1. The predicted octanol–water partition coefficient (Wildman–Crippen LogP) is 5.81. The van der Waals surface area contributed by atoms with Crippen LogP contribution in [0.5, 0.6) is 0 Å². The van der Waals surface area contributed by atoms with Crippen LogP contribution >= 0.6 is 0 Å². The van der Waals surface area contributed by atoms with Gasteiger partial charge in [0.25, 0.3) is 0 Å². The number of hydrogen-bond donors (Lipinski definition) is 0. The molecule has 0 atom stereocenters. The Balaban J connectivity index is 0.000000620. The van der Waals surface area contributed by atoms with Gasteiger partial charge in [0, 0.05) is 18.8 Å². The van der Waals surface area contributed by atoms with E-state index in [4.69, 9.17) is 0 Å². The van der Waals surface area contributed by atoms with Gasteiger partial charge in [-0.1, -0.05) is 53.4 Å². The first kappa shape index (κ1) is 23.0. The summed E-state index contributed by atoms with van der Waals surface area (Å²) in [5.41, 5.74) is 0. The zero-order valence-electron chi connectivity index (χ0n) is 16.8. The molecule has 0 aromatic rings. The van der Waals surface area contributed by atoms with E-state index in [1.165, 1.54) is 88.4 Å². The summed E-state index contributed by atoms with van der Waals surface area (Å²) >= 11 is 0. The molecule has 0 aromatic heterocycles. The molecular formula is C21H41N3+. The molecule has 0 fully saturated rings. The Hall–Kier alpha value is -0.960. The van der Waals surface area contributed by atoms with Gasteiger partial charge < -0.3 is 4.48 Å². The molecule has 0 amide bonds. The zero-order chi connectivity index (χ0) is 17.9. The summed E-state index contributed by atoms with van der Waals surface area (Å²) in [4.78, 5) is 7.47. The molecule has 0 saturated heterocycles. The molecule has 1 radical (unpaired) electrons. The molecule has 3 heteroatoms. The highest BCUT2D eigenvalue weighted by Gasteiger charge is 2.24.